The predicted octanol–water partition coefficient (Wildman–Crippen LogP) is 0.969. The number of nitrogens with one attached hydrogen (secondary N) is 1. The highest BCUT2D eigenvalue weighted by atomic mass is 35.5. The van der Waals surface area contributed by atoms with Crippen LogP contribution in [0.25, 0.3) is 0 Å². The summed E-state index contributed by atoms with van der Waals surface area (Å²) in [6.07, 6.45) is 0. The van der Waals surface area contributed by atoms with E-state index in [-0.39, 0.29) is 5.88 Å². The molecule has 0 heterocycles. The highest BCUT2D eigenvalue weighted by molar-refractivity contribution is 6.28. The summed E-state index contributed by atoms with van der Waals surface area (Å²) in [7, 11) is 1.57. The van der Waals surface area contributed by atoms with E-state index in [2.05, 4.69) is 11.9 Å². The van der Waals surface area contributed by atoms with E-state index in [4.69, 9.17) is 11.6 Å². The molecule has 0 aliphatic carbocycles. The van der Waals surface area contributed by atoms with Crippen LogP contribution in [0.15, 0.2) is 12.2 Å². The number of halogens is 1. The van der Waals surface area contributed by atoms with Crippen LogP contribution in [-0.4, -0.2) is 36.3 Å². The molecule has 0 atom stereocenters. The summed E-state index contributed by atoms with van der Waals surface area (Å²) in [5.74, 6) is -0.715. The summed E-state index contributed by atoms with van der Waals surface area (Å²) < 4.78 is 0. The van der Waals surface area contributed by atoms with Crippen LogP contribution in [-0.2, 0) is 4.79 Å². The summed E-state index contributed by atoms with van der Waals surface area (Å²) >= 11 is 5.21. The molecule has 0 aromatic rings. The van der Waals surface area contributed by atoms with Gasteiger partial charge in [0, 0.05) is 13.6 Å². The maximum absolute atomic E-state index is 11.1. The molecule has 0 spiro atoms. The number of rotatable bonds is 3. The second kappa shape index (κ2) is 5.59. The van der Waals surface area contributed by atoms with Crippen LogP contribution in [0, 0.1) is 0 Å². The Kier molecular flexibility index (Phi) is 5.14. The first kappa shape index (κ1) is 12.0. The molecule has 0 bridgehead atoms. The van der Waals surface area contributed by atoms with E-state index in [1.807, 2.05) is 0 Å². The Morgan fingerprint density at radius 2 is 2.08 bits per heavy atom. The SMILES string of the molecule is C=C(C)CN(C)C(=O)NC(=O)CCl. The third-order valence-electron chi connectivity index (χ3n) is 1.22. The fourth-order valence-electron chi connectivity index (χ4n) is 0.725. The lowest BCUT2D eigenvalue weighted by atomic mass is 10.3. The van der Waals surface area contributed by atoms with Crippen molar-refractivity contribution in [2.75, 3.05) is 19.5 Å². The minimum Gasteiger partial charge on any atom is -0.324 e. The zero-order chi connectivity index (χ0) is 10.4. The van der Waals surface area contributed by atoms with Crippen LogP contribution in [0.4, 0.5) is 4.79 Å². The Balaban J connectivity index is 3.96. The fraction of sp³-hybridized carbons (Fsp3) is 0.500. The van der Waals surface area contributed by atoms with Crippen molar-refractivity contribution in [3.05, 3.63) is 12.2 Å². The topological polar surface area (TPSA) is 49.4 Å². The molecule has 0 unspecified atom stereocenters. The summed E-state index contributed by atoms with van der Waals surface area (Å²) in [4.78, 5) is 23.2. The maximum Gasteiger partial charge on any atom is 0.324 e. The Morgan fingerprint density at radius 3 is 2.46 bits per heavy atom. The van der Waals surface area contributed by atoms with Crippen LogP contribution < -0.4 is 5.32 Å². The Labute approximate surface area is 82.5 Å². The number of imide groups is 1. The molecule has 0 aliphatic rings. The summed E-state index contributed by atoms with van der Waals surface area (Å²) in [6, 6.07) is -0.464. The van der Waals surface area contributed by atoms with Crippen LogP contribution in [0.2, 0.25) is 0 Å². The molecular formula is C8H13ClN2O2. The molecule has 0 aliphatic heterocycles. The molecule has 13 heavy (non-hydrogen) atoms. The van der Waals surface area contributed by atoms with Gasteiger partial charge in [0.2, 0.25) is 5.91 Å². The molecule has 5 heteroatoms. The van der Waals surface area contributed by atoms with E-state index in [1.165, 1.54) is 4.90 Å². The number of hydrogen-bond acceptors (Lipinski definition) is 2. The quantitative estimate of drug-likeness (QED) is 0.550. The van der Waals surface area contributed by atoms with E-state index in [9.17, 15) is 9.59 Å². The van der Waals surface area contributed by atoms with Crippen LogP contribution >= 0.6 is 11.6 Å². The number of hydrogen-bond donors (Lipinski definition) is 1. The number of carbonyl (C=O) groups is 2. The van der Waals surface area contributed by atoms with Crippen LogP contribution in [0.1, 0.15) is 6.92 Å². The zero-order valence-corrected chi connectivity index (χ0v) is 8.52. The van der Waals surface area contributed by atoms with Gasteiger partial charge in [0.25, 0.3) is 0 Å². The molecular weight excluding hydrogens is 192 g/mol. The van der Waals surface area contributed by atoms with Crippen molar-refractivity contribution >= 4 is 23.5 Å². The summed E-state index contributed by atoms with van der Waals surface area (Å²) in [5, 5.41) is 2.11. The molecule has 0 radical (unpaired) electrons. The molecule has 0 rings (SSSR count). The Bertz CT molecular complexity index is 228. The largest absolute Gasteiger partial charge is 0.324 e. The van der Waals surface area contributed by atoms with Crippen LogP contribution in [0.5, 0.6) is 0 Å². The molecule has 0 fully saturated rings. The van der Waals surface area contributed by atoms with E-state index < -0.39 is 11.9 Å². The first-order valence-corrected chi connectivity index (χ1v) is 4.26. The van der Waals surface area contributed by atoms with E-state index in [1.54, 1.807) is 14.0 Å². The number of likely N-dealkylation sites (N-methyl/N-ethyl adjacent to an activating group) is 1. The summed E-state index contributed by atoms with van der Waals surface area (Å²) in [6.45, 7) is 5.86. The van der Waals surface area contributed by atoms with Gasteiger partial charge in [-0.15, -0.1) is 11.6 Å². The predicted molar refractivity (Wildman–Crippen MR) is 51.7 cm³/mol. The van der Waals surface area contributed by atoms with E-state index >= 15 is 0 Å². The van der Waals surface area contributed by atoms with Crippen molar-refractivity contribution in [2.24, 2.45) is 0 Å². The van der Waals surface area contributed by atoms with Crippen molar-refractivity contribution in [2.45, 2.75) is 6.92 Å². The molecule has 74 valence electrons. The lowest BCUT2D eigenvalue weighted by molar-refractivity contribution is -0.117. The van der Waals surface area contributed by atoms with Crippen molar-refractivity contribution in [1.82, 2.24) is 10.2 Å². The molecule has 0 saturated carbocycles. The van der Waals surface area contributed by atoms with Gasteiger partial charge in [0.05, 0.1) is 0 Å². The van der Waals surface area contributed by atoms with Gasteiger partial charge in [-0.25, -0.2) is 4.79 Å². The normalized spacial score (nSPS) is 9.15. The first-order chi connectivity index (χ1) is 5.97. The van der Waals surface area contributed by atoms with Gasteiger partial charge in [-0.2, -0.15) is 0 Å². The minimum absolute atomic E-state index is 0.216. The monoisotopic (exact) mass is 204 g/mol. The average molecular weight is 205 g/mol. The van der Waals surface area contributed by atoms with E-state index in [0.29, 0.717) is 6.54 Å². The minimum atomic E-state index is -0.500. The van der Waals surface area contributed by atoms with Crippen molar-refractivity contribution in [3.8, 4) is 0 Å². The molecule has 1 N–H and O–H groups in total. The third kappa shape index (κ3) is 5.25. The lowest BCUT2D eigenvalue weighted by Gasteiger charge is -2.16. The number of carbonyl (C=O) groups excluding carboxylic acids is 2. The fourth-order valence-corrected chi connectivity index (χ4v) is 0.792. The highest BCUT2D eigenvalue weighted by Crippen LogP contribution is 1.92. The molecule has 4 nitrogen and oxygen atoms in total. The Hall–Kier alpha value is -1.03. The van der Waals surface area contributed by atoms with Gasteiger partial charge in [-0.1, -0.05) is 12.2 Å². The van der Waals surface area contributed by atoms with Gasteiger partial charge in [0.15, 0.2) is 0 Å². The molecule has 0 aromatic heterocycles. The number of urea groups is 1. The van der Waals surface area contributed by atoms with Crippen molar-refractivity contribution in [3.63, 3.8) is 0 Å². The standard InChI is InChI=1S/C8H13ClN2O2/c1-6(2)5-11(3)8(13)10-7(12)4-9/h1,4-5H2,2-3H3,(H,10,12,13). The zero-order valence-electron chi connectivity index (χ0n) is 7.76. The second-order valence-corrected chi connectivity index (χ2v) is 3.07. The maximum atomic E-state index is 11.1. The molecule has 3 amide bonds. The number of nitrogens with zero attached hydrogens (tertiary/aromatic N) is 1. The van der Waals surface area contributed by atoms with Gasteiger partial charge in [0.1, 0.15) is 5.88 Å². The summed E-state index contributed by atoms with van der Waals surface area (Å²) in [5.41, 5.74) is 0.843. The van der Waals surface area contributed by atoms with Crippen LogP contribution in [0.3, 0.4) is 0 Å². The lowest BCUT2D eigenvalue weighted by Crippen LogP contribution is -2.41. The molecule has 0 aromatic carbocycles. The smallest absolute Gasteiger partial charge is 0.324 e. The van der Waals surface area contributed by atoms with Crippen molar-refractivity contribution in [1.29, 1.82) is 0 Å². The molecule has 0 saturated heterocycles. The third-order valence-corrected chi connectivity index (χ3v) is 1.46. The van der Waals surface area contributed by atoms with Gasteiger partial charge >= 0.3 is 6.03 Å². The van der Waals surface area contributed by atoms with E-state index in [0.717, 1.165) is 5.57 Å². The second-order valence-electron chi connectivity index (χ2n) is 2.80. The van der Waals surface area contributed by atoms with Gasteiger partial charge in [-0.05, 0) is 6.92 Å². The average Bonchev–Trinajstić information content (AvgIpc) is 2.02. The van der Waals surface area contributed by atoms with Gasteiger partial charge in [-0.3, -0.25) is 10.1 Å². The van der Waals surface area contributed by atoms with Crippen molar-refractivity contribution < 1.29 is 9.59 Å². The van der Waals surface area contributed by atoms with Gasteiger partial charge < -0.3 is 4.90 Å². The first-order valence-electron chi connectivity index (χ1n) is 3.72. The number of amides is 3. The highest BCUT2D eigenvalue weighted by Gasteiger charge is 2.10. The Morgan fingerprint density at radius 1 is 1.54 bits per heavy atom. The number of alkyl halides is 1.